The van der Waals surface area contributed by atoms with Gasteiger partial charge in [-0.3, -0.25) is 14.1 Å². The highest BCUT2D eigenvalue weighted by Gasteiger charge is 2.33. The standard InChI is InChI=1S/C10H16N4O5S2/c1-5(2)9-13-14-10(20-9)12-7(15)4-6(8(16)11-3)21(17,18)19/h5-6H,4H2,1-3H3,(H,11,16)(H,12,14,15)(H,17,18,19). The van der Waals surface area contributed by atoms with Crippen LogP contribution in [0, 0.1) is 0 Å². The number of amides is 2. The minimum absolute atomic E-state index is 0.143. The molecule has 0 saturated heterocycles. The summed E-state index contributed by atoms with van der Waals surface area (Å²) < 4.78 is 31.2. The largest absolute Gasteiger partial charge is 0.358 e. The van der Waals surface area contributed by atoms with Gasteiger partial charge in [0, 0.05) is 13.0 Å². The molecule has 1 heterocycles. The molecule has 1 rings (SSSR count). The van der Waals surface area contributed by atoms with Crippen LogP contribution >= 0.6 is 11.3 Å². The second kappa shape index (κ2) is 6.91. The monoisotopic (exact) mass is 336 g/mol. The highest BCUT2D eigenvalue weighted by molar-refractivity contribution is 7.87. The lowest BCUT2D eigenvalue weighted by Crippen LogP contribution is -2.40. The maximum atomic E-state index is 11.7. The van der Waals surface area contributed by atoms with Gasteiger partial charge in [-0.1, -0.05) is 25.2 Å². The molecule has 9 nitrogen and oxygen atoms in total. The molecule has 0 aliphatic heterocycles. The van der Waals surface area contributed by atoms with Crippen LogP contribution in [0.15, 0.2) is 0 Å². The van der Waals surface area contributed by atoms with Gasteiger partial charge in [-0.15, -0.1) is 10.2 Å². The number of nitrogens with zero attached hydrogens (tertiary/aromatic N) is 2. The molecule has 1 aromatic rings. The third kappa shape index (κ3) is 5.02. The summed E-state index contributed by atoms with van der Waals surface area (Å²) in [6.45, 7) is 3.82. The van der Waals surface area contributed by atoms with Gasteiger partial charge in [-0.2, -0.15) is 8.42 Å². The average molecular weight is 336 g/mol. The van der Waals surface area contributed by atoms with Crippen LogP contribution in [-0.4, -0.2) is 47.3 Å². The highest BCUT2D eigenvalue weighted by Crippen LogP contribution is 2.22. The topological polar surface area (TPSA) is 138 Å². The quantitative estimate of drug-likeness (QED) is 0.621. The second-order valence-corrected chi connectivity index (χ2v) is 7.08. The number of aromatic nitrogens is 2. The Morgan fingerprint density at radius 3 is 2.38 bits per heavy atom. The van der Waals surface area contributed by atoms with Crippen molar-refractivity contribution >= 4 is 38.4 Å². The zero-order valence-corrected chi connectivity index (χ0v) is 13.3. The summed E-state index contributed by atoms with van der Waals surface area (Å²) in [7, 11) is -3.47. The highest BCUT2D eigenvalue weighted by atomic mass is 32.2. The van der Waals surface area contributed by atoms with Crippen molar-refractivity contribution in [1.29, 1.82) is 0 Å². The predicted molar refractivity (Wildman–Crippen MR) is 76.6 cm³/mol. The van der Waals surface area contributed by atoms with Gasteiger partial charge in [0.2, 0.25) is 16.9 Å². The van der Waals surface area contributed by atoms with E-state index in [1.807, 2.05) is 13.8 Å². The average Bonchev–Trinajstić information content (AvgIpc) is 2.82. The van der Waals surface area contributed by atoms with Crippen molar-refractivity contribution in [3.05, 3.63) is 5.01 Å². The molecule has 21 heavy (non-hydrogen) atoms. The fraction of sp³-hybridized carbons (Fsp3) is 0.600. The Morgan fingerprint density at radius 2 is 1.95 bits per heavy atom. The molecule has 1 unspecified atom stereocenters. The van der Waals surface area contributed by atoms with Crippen molar-refractivity contribution in [2.45, 2.75) is 31.4 Å². The number of carbonyl (C=O) groups excluding carboxylic acids is 2. The van der Waals surface area contributed by atoms with E-state index in [-0.39, 0.29) is 11.0 Å². The van der Waals surface area contributed by atoms with Crippen LogP contribution in [0.25, 0.3) is 0 Å². The summed E-state index contributed by atoms with van der Waals surface area (Å²) in [6.07, 6.45) is -0.713. The van der Waals surface area contributed by atoms with E-state index in [1.165, 1.54) is 7.05 Å². The lowest BCUT2D eigenvalue weighted by molar-refractivity contribution is -0.123. The Bertz CT molecular complexity index is 625. The first-order valence-electron chi connectivity index (χ1n) is 5.96. The van der Waals surface area contributed by atoms with Crippen molar-refractivity contribution < 1.29 is 22.6 Å². The number of rotatable bonds is 6. The zero-order chi connectivity index (χ0) is 16.2. The summed E-state index contributed by atoms with van der Waals surface area (Å²) in [6, 6.07) is 0. The fourth-order valence-electron chi connectivity index (χ4n) is 1.35. The summed E-state index contributed by atoms with van der Waals surface area (Å²) in [4.78, 5) is 23.1. The van der Waals surface area contributed by atoms with E-state index in [0.717, 1.165) is 11.3 Å². The fourth-order valence-corrected chi connectivity index (χ4v) is 2.86. The molecule has 0 spiro atoms. The number of carbonyl (C=O) groups is 2. The van der Waals surface area contributed by atoms with E-state index in [2.05, 4.69) is 20.8 Å². The van der Waals surface area contributed by atoms with Gasteiger partial charge in [0.15, 0.2) is 5.25 Å². The molecule has 0 aliphatic carbocycles. The lowest BCUT2D eigenvalue weighted by Gasteiger charge is -2.11. The van der Waals surface area contributed by atoms with Crippen molar-refractivity contribution in [3.8, 4) is 0 Å². The molecule has 0 saturated carbocycles. The molecule has 118 valence electrons. The van der Waals surface area contributed by atoms with Crippen LogP contribution in [-0.2, 0) is 19.7 Å². The summed E-state index contributed by atoms with van der Waals surface area (Å²) >= 11 is 1.15. The van der Waals surface area contributed by atoms with Crippen LogP contribution in [0.3, 0.4) is 0 Å². The van der Waals surface area contributed by atoms with Gasteiger partial charge in [-0.25, -0.2) is 0 Å². The molecule has 0 fully saturated rings. The van der Waals surface area contributed by atoms with Crippen molar-refractivity contribution in [1.82, 2.24) is 15.5 Å². The van der Waals surface area contributed by atoms with Crippen LogP contribution in [0.2, 0.25) is 0 Å². The molecule has 0 bridgehead atoms. The van der Waals surface area contributed by atoms with Crippen LogP contribution < -0.4 is 10.6 Å². The molecule has 0 aliphatic rings. The molecule has 1 atom stereocenters. The SMILES string of the molecule is CNC(=O)C(CC(=O)Nc1nnc(C(C)C)s1)S(=O)(=O)O. The molecule has 1 aromatic heterocycles. The first-order chi connectivity index (χ1) is 9.65. The third-order valence-corrected chi connectivity index (χ3v) is 4.69. The molecule has 3 N–H and O–H groups in total. The summed E-state index contributed by atoms with van der Waals surface area (Å²) in [5, 5.41) is 11.1. The Hall–Kier alpha value is -1.59. The van der Waals surface area contributed by atoms with Gasteiger partial charge in [0.05, 0.1) is 6.42 Å². The van der Waals surface area contributed by atoms with Crippen LogP contribution in [0.1, 0.15) is 31.2 Å². The molecular weight excluding hydrogens is 320 g/mol. The van der Waals surface area contributed by atoms with E-state index in [4.69, 9.17) is 4.55 Å². The first kappa shape index (κ1) is 17.5. The summed E-state index contributed by atoms with van der Waals surface area (Å²) in [5.41, 5.74) is 0. The van der Waals surface area contributed by atoms with Crippen molar-refractivity contribution in [2.75, 3.05) is 12.4 Å². The molecule has 2 amide bonds. The van der Waals surface area contributed by atoms with Crippen LogP contribution in [0.4, 0.5) is 5.13 Å². The van der Waals surface area contributed by atoms with E-state index >= 15 is 0 Å². The molecule has 0 aromatic carbocycles. The van der Waals surface area contributed by atoms with Gasteiger partial charge < -0.3 is 10.6 Å². The predicted octanol–water partition coefficient (Wildman–Crippen LogP) is -0.00750. The maximum absolute atomic E-state index is 11.7. The Kier molecular flexibility index (Phi) is 5.75. The number of nitrogens with one attached hydrogen (secondary N) is 2. The van der Waals surface area contributed by atoms with E-state index in [0.29, 0.717) is 5.01 Å². The van der Waals surface area contributed by atoms with E-state index < -0.39 is 33.6 Å². The number of hydrogen-bond donors (Lipinski definition) is 3. The Balaban J connectivity index is 2.76. The minimum Gasteiger partial charge on any atom is -0.358 e. The third-order valence-electron chi connectivity index (χ3n) is 2.45. The van der Waals surface area contributed by atoms with Crippen molar-refractivity contribution in [2.24, 2.45) is 0 Å². The van der Waals surface area contributed by atoms with Gasteiger partial charge in [0.25, 0.3) is 10.1 Å². The zero-order valence-electron chi connectivity index (χ0n) is 11.7. The maximum Gasteiger partial charge on any atom is 0.277 e. The Labute approximate surface area is 125 Å². The normalized spacial score (nSPS) is 13.0. The smallest absolute Gasteiger partial charge is 0.277 e. The molecule has 11 heteroatoms. The Morgan fingerprint density at radius 1 is 1.33 bits per heavy atom. The van der Waals surface area contributed by atoms with Gasteiger partial charge in [0.1, 0.15) is 5.01 Å². The minimum atomic E-state index is -4.68. The van der Waals surface area contributed by atoms with Gasteiger partial charge >= 0.3 is 0 Å². The first-order valence-corrected chi connectivity index (χ1v) is 8.28. The second-order valence-electron chi connectivity index (χ2n) is 4.47. The lowest BCUT2D eigenvalue weighted by atomic mass is 10.2. The van der Waals surface area contributed by atoms with E-state index in [9.17, 15) is 18.0 Å². The molecular formula is C10H16N4O5S2. The molecule has 0 radical (unpaired) electrons. The van der Waals surface area contributed by atoms with Crippen LogP contribution in [0.5, 0.6) is 0 Å². The van der Waals surface area contributed by atoms with Gasteiger partial charge in [-0.05, 0) is 0 Å². The number of anilines is 1. The van der Waals surface area contributed by atoms with E-state index in [1.54, 1.807) is 0 Å². The van der Waals surface area contributed by atoms with Crippen molar-refractivity contribution in [3.63, 3.8) is 0 Å². The number of hydrogen-bond acceptors (Lipinski definition) is 7. The summed E-state index contributed by atoms with van der Waals surface area (Å²) in [5.74, 6) is -1.58.